The van der Waals surface area contributed by atoms with Gasteiger partial charge in [0.05, 0.1) is 10.2 Å². The third-order valence-electron chi connectivity index (χ3n) is 2.46. The van der Waals surface area contributed by atoms with E-state index in [0.29, 0.717) is 17.0 Å². The average Bonchev–Trinajstić information content (AvgIpc) is 2.68. The van der Waals surface area contributed by atoms with Gasteiger partial charge >= 0.3 is 0 Å². The average molecular weight is 274 g/mol. The van der Waals surface area contributed by atoms with Gasteiger partial charge in [-0.05, 0) is 24.5 Å². The fraction of sp³-hybridized carbons (Fsp3) is 0.286. The number of hydrogen-bond donors (Lipinski definition) is 2. The van der Waals surface area contributed by atoms with Crippen molar-refractivity contribution in [3.63, 3.8) is 0 Å². The minimum atomic E-state index is 0.338. The van der Waals surface area contributed by atoms with Crippen molar-refractivity contribution < 1.29 is 0 Å². The first-order chi connectivity index (χ1) is 9.04. The predicted octanol–water partition coefficient (Wildman–Crippen LogP) is 3.39. The molecule has 19 heavy (non-hydrogen) atoms. The lowest BCUT2D eigenvalue weighted by Crippen LogP contribution is -2.30. The largest absolute Gasteiger partial charge is 0.369 e. The van der Waals surface area contributed by atoms with Gasteiger partial charge in [0, 0.05) is 5.70 Å². The second-order valence-corrected chi connectivity index (χ2v) is 5.80. The Hall–Kier alpha value is -1.88. The van der Waals surface area contributed by atoms with E-state index in [1.807, 2.05) is 24.3 Å². The van der Waals surface area contributed by atoms with Crippen molar-refractivity contribution in [1.82, 2.24) is 10.3 Å². The Morgan fingerprint density at radius 1 is 1.47 bits per heavy atom. The fourth-order valence-electron chi connectivity index (χ4n) is 1.76. The zero-order chi connectivity index (χ0) is 13.8. The molecule has 0 fully saturated rings. The van der Waals surface area contributed by atoms with Crippen LogP contribution in [0.1, 0.15) is 20.3 Å². The molecule has 4 nitrogen and oxygen atoms in total. The molecular weight excluding hydrogens is 256 g/mol. The summed E-state index contributed by atoms with van der Waals surface area (Å²) < 4.78 is 1.11. The standard InChI is InChI=1S/C14H18N4S/c1-9(2)8-10(3)16-13(15)18-14-17-11-6-4-5-7-12(11)19-14/h4-7,9H,3,8H2,1-2H3,(H3,15,16,17,18). The van der Waals surface area contributed by atoms with Crippen LogP contribution in [-0.4, -0.2) is 10.9 Å². The maximum atomic E-state index is 5.85. The summed E-state index contributed by atoms with van der Waals surface area (Å²) in [5, 5.41) is 3.66. The zero-order valence-electron chi connectivity index (χ0n) is 11.2. The molecule has 3 N–H and O–H groups in total. The van der Waals surface area contributed by atoms with Crippen LogP contribution < -0.4 is 11.1 Å². The van der Waals surface area contributed by atoms with Crippen LogP contribution in [0.2, 0.25) is 0 Å². The van der Waals surface area contributed by atoms with Gasteiger partial charge in [-0.1, -0.05) is 43.9 Å². The molecule has 1 aromatic heterocycles. The van der Waals surface area contributed by atoms with Crippen molar-refractivity contribution in [2.75, 3.05) is 0 Å². The Morgan fingerprint density at radius 3 is 2.89 bits per heavy atom. The quantitative estimate of drug-likeness (QED) is 0.663. The number of fused-ring (bicyclic) bond motifs is 1. The van der Waals surface area contributed by atoms with Crippen LogP contribution in [0.3, 0.4) is 0 Å². The highest BCUT2D eigenvalue weighted by Gasteiger charge is 2.04. The second-order valence-electron chi connectivity index (χ2n) is 4.79. The van der Waals surface area contributed by atoms with Crippen LogP contribution in [0, 0.1) is 5.92 Å². The number of para-hydroxylation sites is 1. The maximum absolute atomic E-state index is 5.85. The summed E-state index contributed by atoms with van der Waals surface area (Å²) in [6.45, 7) is 8.20. The Balaban J connectivity index is 2.09. The summed E-state index contributed by atoms with van der Waals surface area (Å²) in [4.78, 5) is 8.68. The van der Waals surface area contributed by atoms with E-state index >= 15 is 0 Å². The van der Waals surface area contributed by atoms with Gasteiger partial charge in [-0.15, -0.1) is 0 Å². The molecule has 2 rings (SSSR count). The molecule has 0 atom stereocenters. The van der Waals surface area contributed by atoms with Gasteiger partial charge in [-0.3, -0.25) is 0 Å². The predicted molar refractivity (Wildman–Crippen MR) is 82.6 cm³/mol. The number of aromatic nitrogens is 1. The summed E-state index contributed by atoms with van der Waals surface area (Å²) in [6, 6.07) is 7.93. The number of benzene rings is 1. The van der Waals surface area contributed by atoms with Crippen molar-refractivity contribution in [2.24, 2.45) is 16.6 Å². The molecule has 1 aromatic carbocycles. The molecule has 2 aromatic rings. The van der Waals surface area contributed by atoms with Gasteiger partial charge in [0.15, 0.2) is 5.96 Å². The first-order valence-electron chi connectivity index (χ1n) is 6.19. The molecule has 0 amide bonds. The van der Waals surface area contributed by atoms with E-state index in [1.165, 1.54) is 11.3 Å². The van der Waals surface area contributed by atoms with Crippen LogP contribution in [0.5, 0.6) is 0 Å². The van der Waals surface area contributed by atoms with Crippen molar-refractivity contribution in [3.05, 3.63) is 36.5 Å². The minimum absolute atomic E-state index is 0.338. The highest BCUT2D eigenvalue weighted by Crippen LogP contribution is 2.27. The van der Waals surface area contributed by atoms with Gasteiger partial charge in [0.2, 0.25) is 5.13 Å². The monoisotopic (exact) mass is 274 g/mol. The molecule has 0 saturated heterocycles. The Labute approximate surface area is 117 Å². The lowest BCUT2D eigenvalue weighted by atomic mass is 10.1. The molecule has 1 heterocycles. The molecule has 0 spiro atoms. The number of guanidine groups is 1. The van der Waals surface area contributed by atoms with Crippen molar-refractivity contribution in [1.29, 1.82) is 0 Å². The molecule has 0 unspecified atom stereocenters. The Kier molecular flexibility index (Phi) is 4.16. The molecule has 0 aliphatic heterocycles. The van der Waals surface area contributed by atoms with E-state index in [-0.39, 0.29) is 0 Å². The van der Waals surface area contributed by atoms with E-state index in [2.05, 4.69) is 35.7 Å². The number of rotatable bonds is 4. The van der Waals surface area contributed by atoms with Gasteiger partial charge in [0.1, 0.15) is 0 Å². The number of nitrogens with two attached hydrogens (primary N) is 1. The van der Waals surface area contributed by atoms with E-state index in [9.17, 15) is 0 Å². The summed E-state index contributed by atoms with van der Waals surface area (Å²) in [5.41, 5.74) is 7.67. The molecule has 0 saturated carbocycles. The number of hydrogen-bond acceptors (Lipinski definition) is 3. The minimum Gasteiger partial charge on any atom is -0.369 e. The molecule has 0 aliphatic carbocycles. The maximum Gasteiger partial charge on any atom is 0.213 e. The van der Waals surface area contributed by atoms with E-state index in [1.54, 1.807) is 0 Å². The summed E-state index contributed by atoms with van der Waals surface area (Å²) in [7, 11) is 0. The molecule has 5 heteroatoms. The van der Waals surface area contributed by atoms with E-state index < -0.39 is 0 Å². The summed E-state index contributed by atoms with van der Waals surface area (Å²) in [6.07, 6.45) is 0.871. The molecular formula is C14H18N4S. The summed E-state index contributed by atoms with van der Waals surface area (Å²) >= 11 is 1.52. The third-order valence-corrected chi connectivity index (χ3v) is 3.39. The molecule has 100 valence electrons. The van der Waals surface area contributed by atoms with Crippen LogP contribution in [0.25, 0.3) is 10.2 Å². The van der Waals surface area contributed by atoms with Crippen LogP contribution in [-0.2, 0) is 0 Å². The smallest absolute Gasteiger partial charge is 0.213 e. The lowest BCUT2D eigenvalue weighted by Gasteiger charge is -2.10. The first-order valence-corrected chi connectivity index (χ1v) is 7.01. The fourth-order valence-corrected chi connectivity index (χ4v) is 2.61. The SMILES string of the molecule is C=C(CC(C)C)NC(N)=Nc1nc2ccccc2s1. The first kappa shape index (κ1) is 13.5. The lowest BCUT2D eigenvalue weighted by molar-refractivity contribution is 0.629. The van der Waals surface area contributed by atoms with Crippen LogP contribution in [0.4, 0.5) is 5.13 Å². The highest BCUT2D eigenvalue weighted by molar-refractivity contribution is 7.22. The number of thiazole rings is 1. The molecule has 0 bridgehead atoms. The molecule has 0 radical (unpaired) electrons. The van der Waals surface area contributed by atoms with Crippen LogP contribution >= 0.6 is 11.3 Å². The highest BCUT2D eigenvalue weighted by atomic mass is 32.1. The van der Waals surface area contributed by atoms with E-state index in [0.717, 1.165) is 22.3 Å². The number of aliphatic imine (C=N–C) groups is 1. The van der Waals surface area contributed by atoms with Crippen molar-refractivity contribution >= 4 is 32.6 Å². The van der Waals surface area contributed by atoms with E-state index in [4.69, 9.17) is 5.73 Å². The van der Waals surface area contributed by atoms with Gasteiger partial charge in [-0.2, -0.15) is 4.99 Å². The molecule has 0 aliphatic rings. The number of allylic oxidation sites excluding steroid dienone is 1. The summed E-state index contributed by atoms with van der Waals surface area (Å²) in [5.74, 6) is 0.875. The van der Waals surface area contributed by atoms with Gasteiger partial charge < -0.3 is 11.1 Å². The van der Waals surface area contributed by atoms with Crippen molar-refractivity contribution in [2.45, 2.75) is 20.3 Å². The number of nitrogens with one attached hydrogen (secondary N) is 1. The van der Waals surface area contributed by atoms with Gasteiger partial charge in [0.25, 0.3) is 0 Å². The Bertz CT molecular complexity index is 580. The van der Waals surface area contributed by atoms with Crippen molar-refractivity contribution in [3.8, 4) is 0 Å². The third kappa shape index (κ3) is 3.79. The van der Waals surface area contributed by atoms with Gasteiger partial charge in [-0.25, -0.2) is 4.98 Å². The normalized spacial score (nSPS) is 12.1. The number of nitrogens with zero attached hydrogens (tertiary/aromatic N) is 2. The second kappa shape index (κ2) is 5.84. The topological polar surface area (TPSA) is 63.3 Å². The van der Waals surface area contributed by atoms with Crippen LogP contribution in [0.15, 0.2) is 41.5 Å². The Morgan fingerprint density at radius 2 is 2.21 bits per heavy atom. The zero-order valence-corrected chi connectivity index (χ0v) is 12.0.